The molecule has 1 aromatic rings. The Labute approximate surface area is 164 Å². The van der Waals surface area contributed by atoms with Crippen molar-refractivity contribution in [3.05, 3.63) is 41.5 Å². The van der Waals surface area contributed by atoms with E-state index in [2.05, 4.69) is 80.2 Å². The molecule has 26 heavy (non-hydrogen) atoms. The van der Waals surface area contributed by atoms with Crippen LogP contribution in [0.5, 0.6) is 0 Å². The molecular formula is C26H44. The van der Waals surface area contributed by atoms with Crippen molar-refractivity contribution in [2.45, 2.75) is 93.9 Å². The second kappa shape index (κ2) is 9.77. The summed E-state index contributed by atoms with van der Waals surface area (Å²) in [6.07, 6.45) is 9.46. The fourth-order valence-corrected chi connectivity index (χ4v) is 4.38. The molecule has 0 saturated heterocycles. The Hall–Kier alpha value is -1.04. The summed E-state index contributed by atoms with van der Waals surface area (Å²) >= 11 is 0. The van der Waals surface area contributed by atoms with Gasteiger partial charge in [0.25, 0.3) is 0 Å². The molecule has 0 aliphatic rings. The van der Waals surface area contributed by atoms with E-state index in [9.17, 15) is 0 Å². The van der Waals surface area contributed by atoms with Crippen LogP contribution in [0, 0.1) is 22.7 Å². The zero-order chi connectivity index (χ0) is 20.0. The predicted octanol–water partition coefficient (Wildman–Crippen LogP) is 8.34. The summed E-state index contributed by atoms with van der Waals surface area (Å²) in [4.78, 5) is 0. The van der Waals surface area contributed by atoms with Crippen LogP contribution in [0.3, 0.4) is 0 Å². The van der Waals surface area contributed by atoms with Gasteiger partial charge in [0, 0.05) is 0 Å². The minimum atomic E-state index is 0.398. The second-order valence-corrected chi connectivity index (χ2v) is 10.3. The average molecular weight is 357 g/mol. The maximum absolute atomic E-state index is 4.01. The SMILES string of the molecule is C=Cc1cc(CCC(CC)C(C)(C)C)cc(CCC(CC)C(C)(C)C)c1. The summed E-state index contributed by atoms with van der Waals surface area (Å²) in [7, 11) is 0. The minimum absolute atomic E-state index is 0.398. The van der Waals surface area contributed by atoms with E-state index in [-0.39, 0.29) is 0 Å². The van der Waals surface area contributed by atoms with E-state index in [1.165, 1.54) is 55.2 Å². The number of hydrogen-bond donors (Lipinski definition) is 0. The number of rotatable bonds is 9. The topological polar surface area (TPSA) is 0 Å². The summed E-state index contributed by atoms with van der Waals surface area (Å²) in [5.74, 6) is 1.56. The van der Waals surface area contributed by atoms with Crippen LogP contribution in [0.4, 0.5) is 0 Å². The lowest BCUT2D eigenvalue weighted by molar-refractivity contribution is 0.218. The first-order valence-corrected chi connectivity index (χ1v) is 10.8. The van der Waals surface area contributed by atoms with Crippen molar-refractivity contribution in [3.63, 3.8) is 0 Å². The largest absolute Gasteiger partial charge is 0.0985 e. The molecule has 0 amide bonds. The Balaban J connectivity index is 2.86. The molecule has 0 aliphatic heterocycles. The standard InChI is InChI=1S/C26H44/c1-10-20-17-21(13-15-23(11-2)25(4,5)6)19-22(18-20)14-16-24(12-3)26(7,8)9/h10,17-19,23-24H,1,11-16H2,2-9H3. The molecule has 1 aromatic carbocycles. The minimum Gasteiger partial charge on any atom is -0.0985 e. The maximum Gasteiger partial charge on any atom is -0.0257 e. The fraction of sp³-hybridized carbons (Fsp3) is 0.692. The summed E-state index contributed by atoms with van der Waals surface area (Å²) in [5.41, 5.74) is 5.06. The first kappa shape index (κ1) is 23.0. The molecule has 0 bridgehead atoms. The predicted molar refractivity (Wildman–Crippen MR) is 120 cm³/mol. The zero-order valence-corrected chi connectivity index (χ0v) is 18.9. The van der Waals surface area contributed by atoms with Gasteiger partial charge in [-0.15, -0.1) is 0 Å². The van der Waals surface area contributed by atoms with Crippen LogP contribution >= 0.6 is 0 Å². The van der Waals surface area contributed by atoms with Gasteiger partial charge in [0.15, 0.2) is 0 Å². The van der Waals surface area contributed by atoms with E-state index in [0.717, 1.165) is 11.8 Å². The van der Waals surface area contributed by atoms with Crippen molar-refractivity contribution < 1.29 is 0 Å². The van der Waals surface area contributed by atoms with Gasteiger partial charge in [-0.25, -0.2) is 0 Å². The van der Waals surface area contributed by atoms with Crippen LogP contribution in [-0.4, -0.2) is 0 Å². The van der Waals surface area contributed by atoms with Gasteiger partial charge in [-0.05, 0) is 65.0 Å². The number of hydrogen-bond acceptors (Lipinski definition) is 0. The number of benzene rings is 1. The van der Waals surface area contributed by atoms with Gasteiger partial charge in [-0.2, -0.15) is 0 Å². The highest BCUT2D eigenvalue weighted by Crippen LogP contribution is 2.34. The Morgan fingerprint density at radius 1 is 0.769 bits per heavy atom. The summed E-state index contributed by atoms with van der Waals surface area (Å²) in [6, 6.07) is 7.14. The van der Waals surface area contributed by atoms with Crippen LogP contribution in [0.25, 0.3) is 6.08 Å². The molecule has 0 spiro atoms. The lowest BCUT2D eigenvalue weighted by Gasteiger charge is -2.30. The van der Waals surface area contributed by atoms with E-state index in [0.29, 0.717) is 10.8 Å². The molecule has 0 heterocycles. The van der Waals surface area contributed by atoms with Gasteiger partial charge in [0.1, 0.15) is 0 Å². The quantitative estimate of drug-likeness (QED) is 0.417. The second-order valence-electron chi connectivity index (χ2n) is 10.3. The molecule has 0 aliphatic carbocycles. The van der Waals surface area contributed by atoms with E-state index >= 15 is 0 Å². The third kappa shape index (κ3) is 7.29. The van der Waals surface area contributed by atoms with Gasteiger partial charge in [0.2, 0.25) is 0 Å². The Bertz CT molecular complexity index is 506. The third-order valence-electron chi connectivity index (χ3n) is 6.31. The Morgan fingerprint density at radius 3 is 1.42 bits per heavy atom. The molecule has 2 unspecified atom stereocenters. The molecule has 0 heteroatoms. The van der Waals surface area contributed by atoms with Gasteiger partial charge >= 0.3 is 0 Å². The van der Waals surface area contributed by atoms with Gasteiger partial charge in [-0.3, -0.25) is 0 Å². The highest BCUT2D eigenvalue weighted by molar-refractivity contribution is 5.50. The molecule has 2 atom stereocenters. The van der Waals surface area contributed by atoms with E-state index in [4.69, 9.17) is 0 Å². The van der Waals surface area contributed by atoms with Gasteiger partial charge in [-0.1, -0.05) is 99.1 Å². The van der Waals surface area contributed by atoms with Crippen LogP contribution < -0.4 is 0 Å². The van der Waals surface area contributed by atoms with Crippen molar-refractivity contribution in [2.24, 2.45) is 22.7 Å². The van der Waals surface area contributed by atoms with Crippen molar-refractivity contribution in [3.8, 4) is 0 Å². The molecular weight excluding hydrogens is 312 g/mol. The van der Waals surface area contributed by atoms with Crippen LogP contribution in [0.15, 0.2) is 24.8 Å². The first-order chi connectivity index (χ1) is 12.0. The summed E-state index contributed by atoms with van der Waals surface area (Å²) < 4.78 is 0. The molecule has 0 fully saturated rings. The van der Waals surface area contributed by atoms with Crippen LogP contribution in [-0.2, 0) is 12.8 Å². The number of aryl methyl sites for hydroxylation is 2. The van der Waals surface area contributed by atoms with E-state index < -0.39 is 0 Å². The summed E-state index contributed by atoms with van der Waals surface area (Å²) in [6.45, 7) is 23.0. The van der Waals surface area contributed by atoms with Crippen molar-refractivity contribution >= 4 is 6.08 Å². The smallest absolute Gasteiger partial charge is 0.0257 e. The third-order valence-corrected chi connectivity index (χ3v) is 6.31. The molecule has 0 saturated carbocycles. The van der Waals surface area contributed by atoms with E-state index in [1.807, 2.05) is 6.08 Å². The van der Waals surface area contributed by atoms with Crippen molar-refractivity contribution in [2.75, 3.05) is 0 Å². The monoisotopic (exact) mass is 356 g/mol. The highest BCUT2D eigenvalue weighted by atomic mass is 14.3. The molecule has 0 nitrogen and oxygen atoms in total. The summed E-state index contributed by atoms with van der Waals surface area (Å²) in [5, 5.41) is 0. The average Bonchev–Trinajstić information content (AvgIpc) is 2.53. The molecule has 0 N–H and O–H groups in total. The molecule has 0 radical (unpaired) electrons. The first-order valence-electron chi connectivity index (χ1n) is 10.8. The van der Waals surface area contributed by atoms with Crippen LogP contribution in [0.2, 0.25) is 0 Å². The molecule has 1 rings (SSSR count). The molecule has 148 valence electrons. The normalized spacial score (nSPS) is 14.9. The van der Waals surface area contributed by atoms with Crippen LogP contribution in [0.1, 0.15) is 97.8 Å². The van der Waals surface area contributed by atoms with Gasteiger partial charge < -0.3 is 0 Å². The maximum atomic E-state index is 4.01. The molecule has 0 aromatic heterocycles. The zero-order valence-electron chi connectivity index (χ0n) is 18.9. The van der Waals surface area contributed by atoms with Crippen molar-refractivity contribution in [1.29, 1.82) is 0 Å². The lowest BCUT2D eigenvalue weighted by atomic mass is 9.75. The van der Waals surface area contributed by atoms with Gasteiger partial charge in [0.05, 0.1) is 0 Å². The fourth-order valence-electron chi connectivity index (χ4n) is 4.38. The lowest BCUT2D eigenvalue weighted by Crippen LogP contribution is -2.20. The Kier molecular flexibility index (Phi) is 8.64. The Morgan fingerprint density at radius 2 is 1.15 bits per heavy atom. The van der Waals surface area contributed by atoms with E-state index in [1.54, 1.807) is 0 Å². The highest BCUT2D eigenvalue weighted by Gasteiger charge is 2.23. The van der Waals surface area contributed by atoms with Crippen molar-refractivity contribution in [1.82, 2.24) is 0 Å².